The van der Waals surface area contributed by atoms with Crippen LogP contribution < -0.4 is 0 Å². The third kappa shape index (κ3) is 6.89. The molecule has 0 bridgehead atoms. The standard InChI is InChI=1S/C34H34BrClN4O5S2/c1-22-3-10-27(11-4-22)46-34(33(43)38-15-13-37(14-16-38)23(2)41)18-31(42)40(19-24-5-7-25(35)8-6-24)32(34)29-20-39(21-47(44)45)30-17-26(36)9-12-28(29)30/h3-12,17,20,32H,13-16,18-19,21H2,1-2H3,(H,44,45)/p-1/t32-,34-/m0/s1. The molecule has 246 valence electrons. The molecular formula is C34H33BrClN4O5S2-. The third-order valence-corrected chi connectivity index (χ3v) is 11.5. The average Bonchev–Trinajstić information content (AvgIpc) is 3.51. The Morgan fingerprint density at radius 2 is 1.68 bits per heavy atom. The van der Waals surface area contributed by atoms with E-state index in [1.165, 1.54) is 18.7 Å². The number of carbonyl (C=O) groups excluding carboxylic acids is 3. The molecule has 2 fully saturated rings. The van der Waals surface area contributed by atoms with E-state index in [4.69, 9.17) is 11.6 Å². The number of fused-ring (bicyclic) bond motifs is 1. The number of likely N-dealkylation sites (tertiary alicyclic amines) is 1. The van der Waals surface area contributed by atoms with E-state index in [2.05, 4.69) is 15.9 Å². The minimum atomic E-state index is -2.42. The van der Waals surface area contributed by atoms with Crippen LogP contribution in [0.15, 0.2) is 82.3 Å². The first-order chi connectivity index (χ1) is 22.4. The lowest BCUT2D eigenvalue weighted by molar-refractivity contribution is -0.140. The summed E-state index contributed by atoms with van der Waals surface area (Å²) in [4.78, 5) is 47.7. The topological polar surface area (TPSA) is 106 Å². The zero-order valence-corrected chi connectivity index (χ0v) is 29.8. The van der Waals surface area contributed by atoms with Gasteiger partial charge >= 0.3 is 0 Å². The van der Waals surface area contributed by atoms with E-state index < -0.39 is 21.9 Å². The Bertz CT molecular complexity index is 1860. The molecule has 2 saturated heterocycles. The molecule has 47 heavy (non-hydrogen) atoms. The van der Waals surface area contributed by atoms with Gasteiger partial charge in [-0.3, -0.25) is 18.6 Å². The van der Waals surface area contributed by atoms with Crippen LogP contribution in [0.25, 0.3) is 10.9 Å². The van der Waals surface area contributed by atoms with Crippen LogP contribution in [-0.2, 0) is 37.9 Å². The number of halogens is 2. The highest BCUT2D eigenvalue weighted by Crippen LogP contribution is 2.55. The highest BCUT2D eigenvalue weighted by atomic mass is 79.9. The number of amides is 3. The highest BCUT2D eigenvalue weighted by Gasteiger charge is 2.60. The Balaban J connectivity index is 1.55. The van der Waals surface area contributed by atoms with Crippen LogP contribution >= 0.6 is 39.3 Å². The van der Waals surface area contributed by atoms with Gasteiger partial charge in [-0.1, -0.05) is 63.4 Å². The monoisotopic (exact) mass is 755 g/mol. The van der Waals surface area contributed by atoms with Gasteiger partial charge in [-0.05, 0) is 60.0 Å². The second-order valence-corrected chi connectivity index (χ2v) is 15.6. The largest absolute Gasteiger partial charge is 0.771 e. The van der Waals surface area contributed by atoms with Crippen LogP contribution in [0, 0.1) is 6.92 Å². The van der Waals surface area contributed by atoms with Crippen LogP contribution in [0.5, 0.6) is 0 Å². The summed E-state index contributed by atoms with van der Waals surface area (Å²) in [6.45, 7) is 5.25. The summed E-state index contributed by atoms with van der Waals surface area (Å²) in [5.41, 5.74) is 3.21. The van der Waals surface area contributed by atoms with Gasteiger partial charge in [-0.15, -0.1) is 11.8 Å². The van der Waals surface area contributed by atoms with Crippen molar-refractivity contribution in [1.29, 1.82) is 0 Å². The van der Waals surface area contributed by atoms with Crippen molar-refractivity contribution in [3.05, 3.63) is 99.1 Å². The molecular weight excluding hydrogens is 724 g/mol. The number of carbonyl (C=O) groups is 3. The Morgan fingerprint density at radius 1 is 1.02 bits per heavy atom. The normalized spacial score (nSPS) is 20.7. The Labute approximate surface area is 293 Å². The number of aryl methyl sites for hydroxylation is 1. The number of rotatable bonds is 8. The van der Waals surface area contributed by atoms with Crippen LogP contribution in [0.4, 0.5) is 0 Å². The summed E-state index contributed by atoms with van der Waals surface area (Å²) in [5.74, 6) is -0.734. The van der Waals surface area contributed by atoms with Crippen LogP contribution in [0.1, 0.15) is 36.1 Å². The maximum Gasteiger partial charge on any atom is 0.242 e. The molecule has 3 atom stereocenters. The number of benzene rings is 3. The third-order valence-electron chi connectivity index (χ3n) is 8.86. The smallest absolute Gasteiger partial charge is 0.242 e. The molecule has 3 aromatic carbocycles. The SMILES string of the molecule is CC(=O)N1CCN(C(=O)[C@]2(Sc3ccc(C)cc3)CC(=O)N(Cc3ccc(Br)cc3)[C@H]2c2cn(CS(=O)[O-])c3cc(Cl)ccc23)CC1. The number of thioether (sulfide) groups is 1. The average molecular weight is 757 g/mol. The molecule has 13 heteroatoms. The molecule has 0 spiro atoms. The minimum Gasteiger partial charge on any atom is -0.771 e. The lowest BCUT2D eigenvalue weighted by Gasteiger charge is -2.42. The predicted molar refractivity (Wildman–Crippen MR) is 187 cm³/mol. The first-order valence-electron chi connectivity index (χ1n) is 15.1. The van der Waals surface area contributed by atoms with Gasteiger partial charge in [0.2, 0.25) is 17.7 Å². The van der Waals surface area contributed by atoms with E-state index in [0.29, 0.717) is 47.7 Å². The molecule has 3 amide bonds. The maximum atomic E-state index is 15.1. The van der Waals surface area contributed by atoms with Crippen LogP contribution in [0.2, 0.25) is 5.02 Å². The first kappa shape index (κ1) is 33.7. The van der Waals surface area contributed by atoms with Crippen molar-refractivity contribution in [2.75, 3.05) is 26.2 Å². The maximum absolute atomic E-state index is 15.1. The lowest BCUT2D eigenvalue weighted by atomic mass is 9.90. The summed E-state index contributed by atoms with van der Waals surface area (Å²) < 4.78 is 25.2. The summed E-state index contributed by atoms with van der Waals surface area (Å²) in [7, 11) is 0. The second-order valence-electron chi connectivity index (χ2n) is 12.0. The molecule has 1 aromatic heterocycles. The fraction of sp³-hybridized carbons (Fsp3) is 0.324. The van der Waals surface area contributed by atoms with Crippen molar-refractivity contribution in [1.82, 2.24) is 19.3 Å². The van der Waals surface area contributed by atoms with Crippen LogP contribution in [0.3, 0.4) is 0 Å². The summed E-state index contributed by atoms with van der Waals surface area (Å²) in [6.07, 6.45) is 1.69. The molecule has 0 aliphatic carbocycles. The van der Waals surface area contributed by atoms with Crippen molar-refractivity contribution < 1.29 is 23.1 Å². The minimum absolute atomic E-state index is 0.0438. The van der Waals surface area contributed by atoms with E-state index in [0.717, 1.165) is 20.5 Å². The van der Waals surface area contributed by atoms with Gasteiger partial charge in [0, 0.05) is 71.2 Å². The Kier molecular flexibility index (Phi) is 9.87. The van der Waals surface area contributed by atoms with E-state index in [1.807, 2.05) is 61.5 Å². The molecule has 6 rings (SSSR count). The number of hydrogen-bond donors (Lipinski definition) is 0. The molecule has 9 nitrogen and oxygen atoms in total. The summed E-state index contributed by atoms with van der Waals surface area (Å²) >= 11 is 8.85. The van der Waals surface area contributed by atoms with Gasteiger partial charge < -0.3 is 23.8 Å². The summed E-state index contributed by atoms with van der Waals surface area (Å²) in [6, 6.07) is 20.1. The van der Waals surface area contributed by atoms with Gasteiger partial charge in [0.25, 0.3) is 0 Å². The zero-order chi connectivity index (χ0) is 33.5. The van der Waals surface area contributed by atoms with Gasteiger partial charge in [0.1, 0.15) is 4.75 Å². The van der Waals surface area contributed by atoms with Crippen molar-refractivity contribution in [2.24, 2.45) is 0 Å². The van der Waals surface area contributed by atoms with Gasteiger partial charge in [0.15, 0.2) is 0 Å². The molecule has 0 N–H and O–H groups in total. The highest BCUT2D eigenvalue weighted by molar-refractivity contribution is 9.10. The van der Waals surface area contributed by atoms with Crippen LogP contribution in [-0.4, -0.2) is 76.7 Å². The molecule has 2 aliphatic heterocycles. The number of nitrogens with zero attached hydrogens (tertiary/aromatic N) is 4. The molecule has 1 unspecified atom stereocenters. The number of hydrogen-bond acceptors (Lipinski definition) is 6. The molecule has 0 saturated carbocycles. The van der Waals surface area contributed by atoms with Crippen molar-refractivity contribution in [3.63, 3.8) is 0 Å². The molecule has 2 aliphatic rings. The zero-order valence-electron chi connectivity index (χ0n) is 25.9. The van der Waals surface area contributed by atoms with Gasteiger partial charge in [-0.2, -0.15) is 0 Å². The summed E-state index contributed by atoms with van der Waals surface area (Å²) in [5, 5.41) is 1.15. The van der Waals surface area contributed by atoms with Gasteiger partial charge in [-0.25, -0.2) is 0 Å². The molecule has 0 radical (unpaired) electrons. The fourth-order valence-electron chi connectivity index (χ4n) is 6.57. The van der Waals surface area contributed by atoms with E-state index >= 15 is 4.79 Å². The number of piperazine rings is 1. The van der Waals surface area contributed by atoms with E-state index in [1.54, 1.807) is 37.6 Å². The van der Waals surface area contributed by atoms with Crippen molar-refractivity contribution >= 4 is 79.0 Å². The Morgan fingerprint density at radius 3 is 2.32 bits per heavy atom. The number of aromatic nitrogens is 1. The second kappa shape index (κ2) is 13.8. The Hall–Kier alpha value is -3.16. The van der Waals surface area contributed by atoms with E-state index in [9.17, 15) is 18.4 Å². The van der Waals surface area contributed by atoms with Crippen molar-refractivity contribution in [3.8, 4) is 0 Å². The molecule has 3 heterocycles. The molecule has 4 aromatic rings. The van der Waals surface area contributed by atoms with Crippen molar-refractivity contribution in [2.45, 2.75) is 48.4 Å². The van der Waals surface area contributed by atoms with Gasteiger partial charge in [0.05, 0.1) is 23.9 Å². The fourth-order valence-corrected chi connectivity index (χ4v) is 8.91. The first-order valence-corrected chi connectivity index (χ1v) is 18.4. The van der Waals surface area contributed by atoms with E-state index in [-0.39, 0.29) is 36.6 Å². The quantitative estimate of drug-likeness (QED) is 0.208. The lowest BCUT2D eigenvalue weighted by Crippen LogP contribution is -2.56. The predicted octanol–water partition coefficient (Wildman–Crippen LogP) is 5.90.